The van der Waals surface area contributed by atoms with Crippen LogP contribution in [0.3, 0.4) is 0 Å². The number of aryl methyl sites for hydroxylation is 1. The zero-order valence-electron chi connectivity index (χ0n) is 16.3. The fourth-order valence-electron chi connectivity index (χ4n) is 5.58. The van der Waals surface area contributed by atoms with Gasteiger partial charge in [-0.25, -0.2) is 0 Å². The molecule has 3 nitrogen and oxygen atoms in total. The van der Waals surface area contributed by atoms with Gasteiger partial charge in [-0.15, -0.1) is 0 Å². The molecule has 1 saturated heterocycles. The van der Waals surface area contributed by atoms with E-state index in [0.29, 0.717) is 17.7 Å². The molecule has 2 aromatic rings. The normalized spacial score (nSPS) is 31.0. The van der Waals surface area contributed by atoms with E-state index in [1.807, 2.05) is 12.1 Å². The lowest BCUT2D eigenvalue weighted by Crippen LogP contribution is -2.60. The van der Waals surface area contributed by atoms with E-state index < -0.39 is 0 Å². The highest BCUT2D eigenvalue weighted by Crippen LogP contribution is 2.50. The Morgan fingerprint density at radius 1 is 1.11 bits per heavy atom. The Bertz CT molecular complexity index is 762. The summed E-state index contributed by atoms with van der Waals surface area (Å²) in [5, 5.41) is 10.0. The van der Waals surface area contributed by atoms with Crippen LogP contribution in [0.1, 0.15) is 43.7 Å². The summed E-state index contributed by atoms with van der Waals surface area (Å²) >= 11 is 0. The molecular weight excluding hydrogens is 332 g/mol. The molecule has 2 aliphatic rings. The Balaban J connectivity index is 1.48. The van der Waals surface area contributed by atoms with Crippen LogP contribution in [-0.2, 0) is 11.8 Å². The third-order valence-electron chi connectivity index (χ3n) is 6.94. The Morgan fingerprint density at radius 2 is 1.93 bits per heavy atom. The summed E-state index contributed by atoms with van der Waals surface area (Å²) in [6.07, 6.45) is 5.63. The van der Waals surface area contributed by atoms with Crippen molar-refractivity contribution in [3.63, 3.8) is 0 Å². The first-order valence-corrected chi connectivity index (χ1v) is 10.4. The van der Waals surface area contributed by atoms with Gasteiger partial charge in [0.25, 0.3) is 0 Å². The molecule has 1 heterocycles. The summed E-state index contributed by atoms with van der Waals surface area (Å²) < 4.78 is 0. The minimum absolute atomic E-state index is 0.108. The minimum atomic E-state index is 0.108. The molecule has 4 rings (SSSR count). The van der Waals surface area contributed by atoms with Gasteiger partial charge < -0.3 is 10.8 Å². The van der Waals surface area contributed by atoms with Gasteiger partial charge in [0.15, 0.2) is 0 Å². The number of nitrogens with zero attached hydrogens (tertiary/aromatic N) is 1. The van der Waals surface area contributed by atoms with Gasteiger partial charge in [0.2, 0.25) is 0 Å². The number of phenols is 1. The minimum Gasteiger partial charge on any atom is -0.508 e. The fraction of sp³-hybridized carbons (Fsp3) is 0.500. The van der Waals surface area contributed by atoms with Crippen molar-refractivity contribution in [2.75, 3.05) is 13.1 Å². The van der Waals surface area contributed by atoms with Crippen LogP contribution in [0.4, 0.5) is 0 Å². The molecule has 144 valence electrons. The number of phenolic OH excluding ortho intramolecular Hbond substituents is 1. The highest BCUT2D eigenvalue weighted by Gasteiger charge is 2.50. The Morgan fingerprint density at radius 3 is 2.70 bits per heavy atom. The van der Waals surface area contributed by atoms with Gasteiger partial charge >= 0.3 is 0 Å². The molecule has 1 aliphatic heterocycles. The van der Waals surface area contributed by atoms with Crippen LogP contribution < -0.4 is 5.73 Å². The molecule has 0 unspecified atom stereocenters. The first-order chi connectivity index (χ1) is 13.1. The molecule has 1 aliphatic carbocycles. The predicted octanol–water partition coefficient (Wildman–Crippen LogP) is 4.09. The zero-order valence-corrected chi connectivity index (χ0v) is 16.3. The largest absolute Gasteiger partial charge is 0.508 e. The summed E-state index contributed by atoms with van der Waals surface area (Å²) in [4.78, 5) is 2.69. The molecule has 2 aromatic carbocycles. The molecule has 3 heteroatoms. The van der Waals surface area contributed by atoms with Crippen molar-refractivity contribution in [1.29, 1.82) is 0 Å². The molecule has 27 heavy (non-hydrogen) atoms. The average Bonchev–Trinajstić information content (AvgIpc) is 2.66. The number of fused-ring (bicyclic) bond motifs is 2. The van der Waals surface area contributed by atoms with Crippen molar-refractivity contribution in [3.8, 4) is 5.75 Å². The fourth-order valence-corrected chi connectivity index (χ4v) is 5.58. The van der Waals surface area contributed by atoms with Crippen molar-refractivity contribution in [1.82, 2.24) is 4.90 Å². The lowest BCUT2D eigenvalue weighted by atomic mass is 9.57. The predicted molar refractivity (Wildman–Crippen MR) is 111 cm³/mol. The molecule has 2 bridgehead atoms. The molecule has 0 aromatic heterocycles. The van der Waals surface area contributed by atoms with Gasteiger partial charge in [-0.3, -0.25) is 4.90 Å². The molecule has 0 spiro atoms. The summed E-state index contributed by atoms with van der Waals surface area (Å²) in [7, 11) is 0. The van der Waals surface area contributed by atoms with E-state index in [0.717, 1.165) is 38.8 Å². The number of hydrogen-bond donors (Lipinski definition) is 2. The van der Waals surface area contributed by atoms with Crippen molar-refractivity contribution < 1.29 is 5.11 Å². The van der Waals surface area contributed by atoms with Gasteiger partial charge in [-0.05, 0) is 67.8 Å². The highest BCUT2D eigenvalue weighted by atomic mass is 16.3. The second-order valence-electron chi connectivity index (χ2n) is 8.75. The van der Waals surface area contributed by atoms with Gasteiger partial charge in [0.05, 0.1) is 0 Å². The van der Waals surface area contributed by atoms with Crippen LogP contribution in [-0.4, -0.2) is 35.2 Å². The molecule has 0 amide bonds. The zero-order chi connectivity index (χ0) is 18.9. The Hall–Kier alpha value is -1.84. The van der Waals surface area contributed by atoms with Crippen molar-refractivity contribution >= 4 is 0 Å². The summed E-state index contributed by atoms with van der Waals surface area (Å²) in [5.41, 5.74) is 9.35. The summed E-state index contributed by atoms with van der Waals surface area (Å²) in [6.45, 7) is 4.65. The first kappa shape index (κ1) is 18.5. The van der Waals surface area contributed by atoms with E-state index in [9.17, 15) is 5.11 Å². The first-order valence-electron chi connectivity index (χ1n) is 10.4. The van der Waals surface area contributed by atoms with Crippen LogP contribution in [0.25, 0.3) is 0 Å². The number of aromatic hydroxyl groups is 1. The monoisotopic (exact) mass is 364 g/mol. The van der Waals surface area contributed by atoms with Gasteiger partial charge in [-0.1, -0.05) is 49.4 Å². The van der Waals surface area contributed by atoms with E-state index in [4.69, 9.17) is 5.73 Å². The van der Waals surface area contributed by atoms with Crippen LogP contribution in [0.15, 0.2) is 54.6 Å². The maximum Gasteiger partial charge on any atom is 0.115 e. The van der Waals surface area contributed by atoms with Crippen LogP contribution in [0.5, 0.6) is 5.75 Å². The standard InChI is InChI=1S/C24H32N2O/c1-18-17-26(12-6-9-19-7-3-2-4-8-19)22-14-21(25)15-24(18,16-22)20-10-5-11-23(27)13-20/h2-5,7-8,10-11,13,18,21-22,27H,6,9,12,14-17,25H2,1H3/t18-,21+,22+,24+/m1/s1. The summed E-state index contributed by atoms with van der Waals surface area (Å²) in [5.74, 6) is 0.911. The highest BCUT2D eigenvalue weighted by molar-refractivity contribution is 5.36. The lowest BCUT2D eigenvalue weighted by Gasteiger charge is -2.56. The topological polar surface area (TPSA) is 49.5 Å². The smallest absolute Gasteiger partial charge is 0.115 e. The SMILES string of the molecule is C[C@@H]1CN(CCCc2ccccc2)[C@H]2C[C@H](N)C[C@]1(c1cccc(O)c1)C2. The number of nitrogens with two attached hydrogens (primary N) is 1. The number of benzene rings is 2. The molecule has 3 N–H and O–H groups in total. The van der Waals surface area contributed by atoms with Crippen molar-refractivity contribution in [2.24, 2.45) is 11.7 Å². The van der Waals surface area contributed by atoms with Crippen LogP contribution in [0.2, 0.25) is 0 Å². The van der Waals surface area contributed by atoms with E-state index in [2.05, 4.69) is 48.2 Å². The third-order valence-corrected chi connectivity index (χ3v) is 6.94. The quantitative estimate of drug-likeness (QED) is 0.840. The van der Waals surface area contributed by atoms with Gasteiger partial charge in [0.1, 0.15) is 5.75 Å². The van der Waals surface area contributed by atoms with E-state index >= 15 is 0 Å². The van der Waals surface area contributed by atoms with Crippen LogP contribution in [0, 0.1) is 5.92 Å². The Labute approximate surface area is 163 Å². The van der Waals surface area contributed by atoms with Crippen molar-refractivity contribution in [2.45, 2.75) is 56.5 Å². The Kier molecular flexibility index (Phi) is 5.25. The molecule has 4 atom stereocenters. The maximum absolute atomic E-state index is 10.0. The lowest BCUT2D eigenvalue weighted by molar-refractivity contribution is 0.00191. The van der Waals surface area contributed by atoms with E-state index in [-0.39, 0.29) is 11.5 Å². The number of hydrogen-bond acceptors (Lipinski definition) is 3. The van der Waals surface area contributed by atoms with Crippen LogP contribution >= 0.6 is 0 Å². The van der Waals surface area contributed by atoms with E-state index in [1.54, 1.807) is 6.07 Å². The van der Waals surface area contributed by atoms with Crippen molar-refractivity contribution in [3.05, 3.63) is 65.7 Å². The number of likely N-dealkylation sites (tertiary alicyclic amines) is 1. The number of piperidine rings is 1. The van der Waals surface area contributed by atoms with E-state index in [1.165, 1.54) is 17.5 Å². The third kappa shape index (κ3) is 3.76. The maximum atomic E-state index is 10.0. The second kappa shape index (κ2) is 7.65. The number of rotatable bonds is 5. The van der Waals surface area contributed by atoms with Gasteiger partial charge in [-0.2, -0.15) is 0 Å². The molecular formula is C24H32N2O. The molecule has 0 radical (unpaired) electrons. The second-order valence-corrected chi connectivity index (χ2v) is 8.75. The average molecular weight is 365 g/mol. The summed E-state index contributed by atoms with van der Waals surface area (Å²) in [6, 6.07) is 19.5. The molecule has 2 fully saturated rings. The molecule has 1 saturated carbocycles. The van der Waals surface area contributed by atoms with Gasteiger partial charge in [0, 0.05) is 24.0 Å².